The highest BCUT2D eigenvalue weighted by Crippen LogP contribution is 2.33. The topological polar surface area (TPSA) is 79.0 Å². The third-order valence-electron chi connectivity index (χ3n) is 5.54. The van der Waals surface area contributed by atoms with Crippen LogP contribution >= 0.6 is 11.8 Å². The average molecular weight is 470 g/mol. The summed E-state index contributed by atoms with van der Waals surface area (Å²) in [5.41, 5.74) is 1.55. The highest BCUT2D eigenvalue weighted by atomic mass is 32.2. The van der Waals surface area contributed by atoms with Crippen LogP contribution in [-0.4, -0.2) is 48.7 Å². The molecule has 0 saturated carbocycles. The van der Waals surface area contributed by atoms with Gasteiger partial charge in [-0.05, 0) is 79.6 Å². The molecule has 172 valence electrons. The van der Waals surface area contributed by atoms with Crippen molar-refractivity contribution in [1.82, 2.24) is 4.90 Å². The van der Waals surface area contributed by atoms with Crippen LogP contribution in [0.1, 0.15) is 24.8 Å². The number of piperidine rings is 1. The molecule has 2 aliphatic rings. The van der Waals surface area contributed by atoms with Gasteiger partial charge in [0.25, 0.3) is 11.1 Å². The Hall–Kier alpha value is -3.33. The van der Waals surface area contributed by atoms with Crippen molar-refractivity contribution in [3.8, 4) is 5.75 Å². The number of thioether (sulfide) groups is 1. The largest absolute Gasteiger partial charge is 0.497 e. The molecule has 0 spiro atoms. The maximum absolute atomic E-state index is 14.7. The van der Waals surface area contributed by atoms with Crippen molar-refractivity contribution in [2.24, 2.45) is 0 Å². The monoisotopic (exact) mass is 469 g/mol. The van der Waals surface area contributed by atoms with E-state index in [9.17, 15) is 18.8 Å². The lowest BCUT2D eigenvalue weighted by Gasteiger charge is -2.28. The average Bonchev–Trinajstić information content (AvgIpc) is 3.08. The Morgan fingerprint density at radius 3 is 2.52 bits per heavy atom. The second-order valence-corrected chi connectivity index (χ2v) is 8.79. The van der Waals surface area contributed by atoms with Crippen LogP contribution in [0.2, 0.25) is 0 Å². The fourth-order valence-electron chi connectivity index (χ4n) is 3.78. The third kappa shape index (κ3) is 5.36. The van der Waals surface area contributed by atoms with Crippen molar-refractivity contribution in [2.75, 3.05) is 37.0 Å². The van der Waals surface area contributed by atoms with E-state index in [2.05, 4.69) is 10.2 Å². The summed E-state index contributed by atoms with van der Waals surface area (Å²) in [7, 11) is 1.54. The van der Waals surface area contributed by atoms with Gasteiger partial charge >= 0.3 is 0 Å². The molecule has 2 heterocycles. The normalized spacial score (nSPS) is 17.6. The molecule has 2 aromatic rings. The molecule has 2 fully saturated rings. The van der Waals surface area contributed by atoms with Crippen LogP contribution < -0.4 is 15.0 Å². The Morgan fingerprint density at radius 2 is 1.85 bits per heavy atom. The number of rotatable bonds is 6. The highest BCUT2D eigenvalue weighted by molar-refractivity contribution is 8.18. The lowest BCUT2D eigenvalue weighted by molar-refractivity contribution is -0.127. The summed E-state index contributed by atoms with van der Waals surface area (Å²) in [5.74, 6) is -0.947. The van der Waals surface area contributed by atoms with Gasteiger partial charge in [-0.1, -0.05) is 0 Å². The van der Waals surface area contributed by atoms with Crippen LogP contribution in [0.25, 0.3) is 6.08 Å². The van der Waals surface area contributed by atoms with Crippen LogP contribution in [0.4, 0.5) is 20.6 Å². The quantitative estimate of drug-likeness (QED) is 0.628. The SMILES string of the molecule is COc1ccc(NC(=O)CN2C(=O)S/C(=C/c3ccc(N4CCCCC4)cc3F)C2=O)cc1. The molecule has 0 aromatic heterocycles. The van der Waals surface area contributed by atoms with Crippen LogP contribution in [0.5, 0.6) is 5.75 Å². The number of anilines is 2. The fraction of sp³-hybridized carbons (Fsp3) is 0.292. The lowest BCUT2D eigenvalue weighted by atomic mass is 10.1. The summed E-state index contributed by atoms with van der Waals surface area (Å²) in [6, 6.07) is 11.6. The number of hydrogen-bond acceptors (Lipinski definition) is 6. The lowest BCUT2D eigenvalue weighted by Crippen LogP contribution is -2.36. The van der Waals surface area contributed by atoms with Gasteiger partial charge in [0.15, 0.2) is 0 Å². The van der Waals surface area contributed by atoms with Gasteiger partial charge in [-0.25, -0.2) is 4.39 Å². The predicted molar refractivity (Wildman–Crippen MR) is 127 cm³/mol. The molecule has 2 aromatic carbocycles. The molecule has 0 unspecified atom stereocenters. The van der Waals surface area contributed by atoms with E-state index in [0.29, 0.717) is 23.2 Å². The van der Waals surface area contributed by atoms with Crippen molar-refractivity contribution in [3.63, 3.8) is 0 Å². The first-order chi connectivity index (χ1) is 15.9. The first-order valence-corrected chi connectivity index (χ1v) is 11.5. The minimum absolute atomic E-state index is 0.0851. The molecule has 7 nitrogen and oxygen atoms in total. The number of halogens is 1. The zero-order valence-electron chi connectivity index (χ0n) is 18.2. The fourth-order valence-corrected chi connectivity index (χ4v) is 4.61. The van der Waals surface area contributed by atoms with Crippen molar-refractivity contribution >= 4 is 46.3 Å². The van der Waals surface area contributed by atoms with Crippen LogP contribution in [0.15, 0.2) is 47.4 Å². The van der Waals surface area contributed by atoms with Gasteiger partial charge in [-0.2, -0.15) is 0 Å². The number of amides is 3. The van der Waals surface area contributed by atoms with E-state index in [1.807, 2.05) is 6.07 Å². The second kappa shape index (κ2) is 10.1. The summed E-state index contributed by atoms with van der Waals surface area (Å²) < 4.78 is 19.8. The maximum atomic E-state index is 14.7. The number of nitrogens with one attached hydrogen (secondary N) is 1. The van der Waals surface area contributed by atoms with Gasteiger partial charge in [0, 0.05) is 30.0 Å². The van der Waals surface area contributed by atoms with Gasteiger partial charge in [-0.15, -0.1) is 0 Å². The van der Waals surface area contributed by atoms with E-state index >= 15 is 0 Å². The van der Waals surface area contributed by atoms with Crippen molar-refractivity contribution in [1.29, 1.82) is 0 Å². The van der Waals surface area contributed by atoms with Gasteiger partial charge in [0.2, 0.25) is 5.91 Å². The zero-order chi connectivity index (χ0) is 23.4. The number of methoxy groups -OCH3 is 1. The first kappa shape index (κ1) is 22.8. The van der Waals surface area contributed by atoms with Crippen molar-refractivity contribution in [3.05, 3.63) is 58.8 Å². The summed E-state index contributed by atoms with van der Waals surface area (Å²) in [4.78, 5) is 40.5. The van der Waals surface area contributed by atoms with E-state index in [1.165, 1.54) is 25.7 Å². The van der Waals surface area contributed by atoms with Crippen LogP contribution in [-0.2, 0) is 9.59 Å². The molecule has 0 radical (unpaired) electrons. The first-order valence-electron chi connectivity index (χ1n) is 10.7. The van der Waals surface area contributed by atoms with Crippen molar-refractivity contribution < 1.29 is 23.5 Å². The maximum Gasteiger partial charge on any atom is 0.294 e. The molecule has 33 heavy (non-hydrogen) atoms. The molecular weight excluding hydrogens is 445 g/mol. The molecule has 2 saturated heterocycles. The van der Waals surface area contributed by atoms with Crippen molar-refractivity contribution in [2.45, 2.75) is 19.3 Å². The van der Waals surface area contributed by atoms with Crippen LogP contribution in [0.3, 0.4) is 0 Å². The summed E-state index contributed by atoms with van der Waals surface area (Å²) in [5, 5.41) is 2.07. The third-order valence-corrected chi connectivity index (χ3v) is 6.45. The Kier molecular flexibility index (Phi) is 6.98. The summed E-state index contributed by atoms with van der Waals surface area (Å²) >= 11 is 0.696. The molecule has 4 rings (SSSR count). The molecule has 0 bridgehead atoms. The van der Waals surface area contributed by atoms with E-state index in [-0.39, 0.29) is 10.5 Å². The molecule has 0 atom stereocenters. The molecule has 3 amide bonds. The summed E-state index contributed by atoms with van der Waals surface area (Å²) in [6.07, 6.45) is 4.72. The van der Waals surface area contributed by atoms with Crippen LogP contribution in [0, 0.1) is 5.82 Å². The molecule has 2 aliphatic heterocycles. The van der Waals surface area contributed by atoms with Gasteiger partial charge < -0.3 is 15.0 Å². The Morgan fingerprint density at radius 1 is 1.12 bits per heavy atom. The number of ether oxygens (including phenoxy) is 1. The number of carbonyl (C=O) groups excluding carboxylic acids is 3. The molecule has 9 heteroatoms. The van der Waals surface area contributed by atoms with Gasteiger partial charge in [0.05, 0.1) is 12.0 Å². The standard InChI is InChI=1S/C24H24FN3O4S/c1-32-19-9-6-17(7-10-19)26-22(29)15-28-23(30)21(33-24(28)31)13-16-5-8-18(14-20(16)25)27-11-3-2-4-12-27/h5-10,13-14H,2-4,11-12,15H2,1H3,(H,26,29)/b21-13+. The highest BCUT2D eigenvalue weighted by Gasteiger charge is 2.36. The minimum Gasteiger partial charge on any atom is -0.497 e. The van der Waals surface area contributed by atoms with E-state index in [0.717, 1.165) is 36.5 Å². The molecule has 1 N–H and O–H groups in total. The zero-order valence-corrected chi connectivity index (χ0v) is 19.0. The van der Waals surface area contributed by atoms with E-state index < -0.39 is 29.4 Å². The predicted octanol–water partition coefficient (Wildman–Crippen LogP) is 4.50. The van der Waals surface area contributed by atoms with E-state index in [1.54, 1.807) is 30.3 Å². The smallest absolute Gasteiger partial charge is 0.294 e. The number of nitrogens with zero attached hydrogens (tertiary/aromatic N) is 2. The number of carbonyl (C=O) groups is 3. The second-order valence-electron chi connectivity index (χ2n) is 7.80. The Labute approximate surface area is 195 Å². The summed E-state index contributed by atoms with van der Waals surface area (Å²) in [6.45, 7) is 1.37. The number of benzene rings is 2. The molecule has 0 aliphatic carbocycles. The Bertz CT molecular complexity index is 1100. The Balaban J connectivity index is 1.42. The van der Waals surface area contributed by atoms with E-state index in [4.69, 9.17) is 4.74 Å². The minimum atomic E-state index is -0.616. The van der Waals surface area contributed by atoms with Gasteiger partial charge in [0.1, 0.15) is 18.1 Å². The number of imide groups is 1. The number of hydrogen-bond donors (Lipinski definition) is 1. The molecular formula is C24H24FN3O4S. The van der Waals surface area contributed by atoms with Gasteiger partial charge in [-0.3, -0.25) is 19.3 Å².